The Kier molecular flexibility index (Phi) is 4.65. The van der Waals surface area contributed by atoms with E-state index in [0.717, 1.165) is 31.6 Å². The van der Waals surface area contributed by atoms with Crippen molar-refractivity contribution >= 4 is 11.6 Å². The van der Waals surface area contributed by atoms with E-state index in [4.69, 9.17) is 0 Å². The van der Waals surface area contributed by atoms with Gasteiger partial charge in [0.1, 0.15) is 5.69 Å². The lowest BCUT2D eigenvalue weighted by atomic mass is 10.1. The maximum atomic E-state index is 12.1. The number of fused-ring (bicyclic) bond motifs is 1. The number of rotatable bonds is 6. The summed E-state index contributed by atoms with van der Waals surface area (Å²) >= 11 is 0. The summed E-state index contributed by atoms with van der Waals surface area (Å²) in [6.07, 6.45) is 2.05. The van der Waals surface area contributed by atoms with E-state index in [2.05, 4.69) is 58.5 Å². The van der Waals surface area contributed by atoms with E-state index in [9.17, 15) is 4.79 Å². The molecule has 0 saturated carbocycles. The van der Waals surface area contributed by atoms with Gasteiger partial charge in [0, 0.05) is 31.0 Å². The third-order valence-electron chi connectivity index (χ3n) is 4.33. The van der Waals surface area contributed by atoms with Crippen LogP contribution in [0, 0.1) is 0 Å². The van der Waals surface area contributed by atoms with E-state index in [0.29, 0.717) is 18.2 Å². The van der Waals surface area contributed by atoms with Crippen molar-refractivity contribution < 1.29 is 4.79 Å². The van der Waals surface area contributed by atoms with Gasteiger partial charge < -0.3 is 10.2 Å². The quantitative estimate of drug-likeness (QED) is 0.806. The third kappa shape index (κ3) is 3.55. The van der Waals surface area contributed by atoms with Crippen molar-refractivity contribution in [3.8, 4) is 0 Å². The highest BCUT2D eigenvalue weighted by atomic mass is 16.1. The second-order valence-electron chi connectivity index (χ2n) is 6.34. The first-order valence-corrected chi connectivity index (χ1v) is 8.31. The first-order chi connectivity index (χ1) is 11.1. The number of amides is 1. The first-order valence-electron chi connectivity index (χ1n) is 8.31. The van der Waals surface area contributed by atoms with Gasteiger partial charge in [0.2, 0.25) is 0 Å². The number of hydrogen-bond donors (Lipinski definition) is 2. The molecule has 1 aliphatic rings. The van der Waals surface area contributed by atoms with Crippen molar-refractivity contribution in [2.75, 3.05) is 24.5 Å². The van der Waals surface area contributed by atoms with Crippen molar-refractivity contribution in [3.63, 3.8) is 0 Å². The Balaban J connectivity index is 1.44. The zero-order chi connectivity index (χ0) is 16.2. The van der Waals surface area contributed by atoms with E-state index in [1.807, 2.05) is 6.07 Å². The largest absolute Gasteiger partial charge is 0.371 e. The summed E-state index contributed by atoms with van der Waals surface area (Å²) in [6.45, 7) is 6.85. The van der Waals surface area contributed by atoms with Crippen LogP contribution in [0.3, 0.4) is 0 Å². The smallest absolute Gasteiger partial charge is 0.271 e. The molecule has 0 radical (unpaired) electrons. The number of benzene rings is 1. The number of nitrogens with one attached hydrogen (secondary N) is 2. The first kappa shape index (κ1) is 15.6. The average Bonchev–Trinajstić information content (AvgIpc) is 3.19. The molecular weight excluding hydrogens is 288 g/mol. The topological polar surface area (TPSA) is 61.0 Å². The van der Waals surface area contributed by atoms with Crippen molar-refractivity contribution in [1.29, 1.82) is 0 Å². The van der Waals surface area contributed by atoms with Crippen LogP contribution in [-0.4, -0.2) is 35.7 Å². The lowest BCUT2D eigenvalue weighted by molar-refractivity contribution is 0.0948. The van der Waals surface area contributed by atoms with E-state index in [1.165, 1.54) is 11.3 Å². The summed E-state index contributed by atoms with van der Waals surface area (Å²) in [4.78, 5) is 14.5. The SMILES string of the molecule is CC(C)c1cc(C(=O)NCCCN2CCc3ccccc32)n[nH]1. The van der Waals surface area contributed by atoms with E-state index in [1.54, 1.807) is 0 Å². The minimum absolute atomic E-state index is 0.102. The Bertz CT molecular complexity index is 677. The highest BCUT2D eigenvalue weighted by Gasteiger charge is 2.17. The third-order valence-corrected chi connectivity index (χ3v) is 4.33. The zero-order valence-electron chi connectivity index (χ0n) is 13.8. The number of carbonyl (C=O) groups is 1. The molecule has 0 atom stereocenters. The van der Waals surface area contributed by atoms with Crippen molar-refractivity contribution in [3.05, 3.63) is 47.3 Å². The summed E-state index contributed by atoms with van der Waals surface area (Å²) in [7, 11) is 0. The number of carbonyl (C=O) groups excluding carboxylic acids is 1. The van der Waals surface area contributed by atoms with Crippen LogP contribution >= 0.6 is 0 Å². The van der Waals surface area contributed by atoms with Gasteiger partial charge in [-0.1, -0.05) is 32.0 Å². The number of anilines is 1. The molecule has 3 rings (SSSR count). The molecule has 23 heavy (non-hydrogen) atoms. The summed E-state index contributed by atoms with van der Waals surface area (Å²) < 4.78 is 0. The Morgan fingerprint density at radius 2 is 2.22 bits per heavy atom. The van der Waals surface area contributed by atoms with Gasteiger partial charge in [-0.05, 0) is 36.5 Å². The molecule has 1 aromatic heterocycles. The molecule has 0 saturated heterocycles. The minimum atomic E-state index is -0.102. The average molecular weight is 312 g/mol. The van der Waals surface area contributed by atoms with Gasteiger partial charge in [0.25, 0.3) is 5.91 Å². The number of nitrogens with zero attached hydrogens (tertiary/aromatic N) is 2. The minimum Gasteiger partial charge on any atom is -0.371 e. The van der Waals surface area contributed by atoms with Crippen LogP contribution < -0.4 is 10.2 Å². The monoisotopic (exact) mass is 312 g/mol. The van der Waals surface area contributed by atoms with Gasteiger partial charge in [-0.25, -0.2) is 0 Å². The van der Waals surface area contributed by atoms with E-state index >= 15 is 0 Å². The van der Waals surface area contributed by atoms with Crippen molar-refractivity contribution in [1.82, 2.24) is 15.5 Å². The van der Waals surface area contributed by atoms with Crippen LogP contribution in [0.25, 0.3) is 0 Å². The molecule has 1 aliphatic heterocycles. The maximum Gasteiger partial charge on any atom is 0.271 e. The molecular formula is C18H24N4O. The van der Waals surface area contributed by atoms with Gasteiger partial charge in [0.05, 0.1) is 0 Å². The van der Waals surface area contributed by atoms with Crippen LogP contribution in [0.4, 0.5) is 5.69 Å². The Labute approximate surface area is 137 Å². The number of para-hydroxylation sites is 1. The van der Waals surface area contributed by atoms with Crippen LogP contribution in [0.1, 0.15) is 47.9 Å². The molecule has 0 aliphatic carbocycles. The van der Waals surface area contributed by atoms with Crippen molar-refractivity contribution in [2.45, 2.75) is 32.6 Å². The summed E-state index contributed by atoms with van der Waals surface area (Å²) in [6, 6.07) is 10.4. The predicted octanol–water partition coefficient (Wildman–Crippen LogP) is 2.72. The van der Waals surface area contributed by atoms with Gasteiger partial charge in [-0.3, -0.25) is 9.89 Å². The summed E-state index contributed by atoms with van der Waals surface area (Å²) in [5, 5.41) is 9.94. The fourth-order valence-corrected chi connectivity index (χ4v) is 2.95. The molecule has 2 aromatic rings. The van der Waals surface area contributed by atoms with Gasteiger partial charge >= 0.3 is 0 Å². The lowest BCUT2D eigenvalue weighted by Gasteiger charge is -2.19. The molecule has 0 unspecified atom stereocenters. The van der Waals surface area contributed by atoms with E-state index in [-0.39, 0.29) is 5.91 Å². The van der Waals surface area contributed by atoms with E-state index < -0.39 is 0 Å². The van der Waals surface area contributed by atoms with Crippen LogP contribution in [0.2, 0.25) is 0 Å². The van der Waals surface area contributed by atoms with Crippen molar-refractivity contribution in [2.24, 2.45) is 0 Å². The number of H-pyrrole nitrogens is 1. The fourth-order valence-electron chi connectivity index (χ4n) is 2.95. The van der Waals surface area contributed by atoms with Crippen LogP contribution in [0.15, 0.2) is 30.3 Å². The standard InChI is InChI=1S/C18H24N4O/c1-13(2)15-12-16(21-20-15)18(23)19-9-5-10-22-11-8-14-6-3-4-7-17(14)22/h3-4,6-7,12-13H,5,8-11H2,1-2H3,(H,19,23)(H,20,21). The Hall–Kier alpha value is -2.30. The summed E-state index contributed by atoms with van der Waals surface area (Å²) in [5.74, 6) is 0.245. The fraction of sp³-hybridized carbons (Fsp3) is 0.444. The normalized spacial score (nSPS) is 13.4. The van der Waals surface area contributed by atoms with Gasteiger partial charge in [-0.2, -0.15) is 5.10 Å². The zero-order valence-corrected chi connectivity index (χ0v) is 13.8. The molecule has 1 amide bonds. The molecule has 5 nitrogen and oxygen atoms in total. The molecule has 2 N–H and O–H groups in total. The lowest BCUT2D eigenvalue weighted by Crippen LogP contribution is -2.29. The second kappa shape index (κ2) is 6.86. The molecule has 122 valence electrons. The second-order valence-corrected chi connectivity index (χ2v) is 6.34. The molecule has 0 fully saturated rings. The Morgan fingerprint density at radius 1 is 1.39 bits per heavy atom. The molecule has 0 spiro atoms. The van der Waals surface area contributed by atoms with Crippen LogP contribution in [0.5, 0.6) is 0 Å². The highest BCUT2D eigenvalue weighted by Crippen LogP contribution is 2.27. The number of hydrogen-bond acceptors (Lipinski definition) is 3. The molecule has 1 aromatic carbocycles. The highest BCUT2D eigenvalue weighted by molar-refractivity contribution is 5.92. The van der Waals surface area contributed by atoms with Crippen LogP contribution in [-0.2, 0) is 6.42 Å². The molecule has 2 heterocycles. The molecule has 5 heteroatoms. The summed E-state index contributed by atoms with van der Waals surface area (Å²) in [5.41, 5.74) is 4.23. The predicted molar refractivity (Wildman–Crippen MR) is 92.0 cm³/mol. The number of aromatic amines is 1. The van der Waals surface area contributed by atoms with Gasteiger partial charge in [0.15, 0.2) is 0 Å². The maximum absolute atomic E-state index is 12.1. The molecule has 0 bridgehead atoms. The number of aromatic nitrogens is 2. The van der Waals surface area contributed by atoms with Gasteiger partial charge in [-0.15, -0.1) is 0 Å². The Morgan fingerprint density at radius 3 is 3.00 bits per heavy atom.